The highest BCUT2D eigenvalue weighted by Gasteiger charge is 2.26. The summed E-state index contributed by atoms with van der Waals surface area (Å²) in [5.74, 6) is -0.873. The molecule has 0 amide bonds. The topological polar surface area (TPSA) is 134 Å². The molecule has 0 aromatic heterocycles. The lowest BCUT2D eigenvalue weighted by Gasteiger charge is -2.19. The predicted octanol–water partition coefficient (Wildman–Crippen LogP) is 22.0. The summed E-state index contributed by atoms with van der Waals surface area (Å²) in [5, 5.41) is 0. The molecule has 2 atom stereocenters. The highest BCUT2D eigenvalue weighted by atomic mass is 31.2. The molecule has 0 bridgehead atoms. The minimum absolute atomic E-state index is 0.0428. The molecule has 2 unspecified atom stereocenters. The first-order valence-electron chi connectivity index (χ1n) is 33.7. The van der Waals surface area contributed by atoms with E-state index in [4.69, 9.17) is 24.3 Å². The lowest BCUT2D eigenvalue weighted by atomic mass is 10.0. The van der Waals surface area contributed by atoms with Crippen LogP contribution in [0.1, 0.15) is 309 Å². The Morgan fingerprint density at radius 3 is 1.04 bits per heavy atom. The van der Waals surface area contributed by atoms with Gasteiger partial charge in [-0.2, -0.15) is 0 Å². The van der Waals surface area contributed by atoms with Crippen molar-refractivity contribution in [3.8, 4) is 0 Å². The van der Waals surface area contributed by atoms with Gasteiger partial charge in [0.15, 0.2) is 6.10 Å². The number of carbonyl (C=O) groups excluding carboxylic acids is 2. The van der Waals surface area contributed by atoms with Gasteiger partial charge in [-0.05, 0) is 96.3 Å². The Morgan fingerprint density at radius 1 is 0.383 bits per heavy atom. The van der Waals surface area contributed by atoms with Crippen LogP contribution in [0.15, 0.2) is 97.2 Å². The van der Waals surface area contributed by atoms with E-state index in [1.165, 1.54) is 199 Å². The van der Waals surface area contributed by atoms with Crippen molar-refractivity contribution in [1.82, 2.24) is 0 Å². The average Bonchev–Trinajstić information content (AvgIpc) is 3.46. The number of allylic oxidation sites excluding steroid dienone is 16. The van der Waals surface area contributed by atoms with Crippen molar-refractivity contribution in [1.29, 1.82) is 0 Å². The molecule has 0 heterocycles. The highest BCUT2D eigenvalue weighted by Crippen LogP contribution is 2.43. The van der Waals surface area contributed by atoms with Crippen LogP contribution in [0.25, 0.3) is 0 Å². The molecule has 0 aliphatic carbocycles. The summed E-state index contributed by atoms with van der Waals surface area (Å²) < 4.78 is 33.0. The third-order valence-corrected chi connectivity index (χ3v) is 15.4. The molecule has 0 aliphatic rings. The monoisotopic (exact) mass is 1150 g/mol. The van der Waals surface area contributed by atoms with Crippen LogP contribution in [0, 0.1) is 0 Å². The van der Waals surface area contributed by atoms with Crippen molar-refractivity contribution in [2.75, 3.05) is 26.4 Å². The van der Waals surface area contributed by atoms with Crippen molar-refractivity contribution in [3.05, 3.63) is 97.2 Å². The number of nitrogens with two attached hydrogens (primary N) is 1. The number of unbranched alkanes of at least 4 members (excludes halogenated alkanes) is 34. The summed E-state index contributed by atoms with van der Waals surface area (Å²) in [6.45, 7) is 3.59. The number of hydrogen-bond acceptors (Lipinski definition) is 8. The van der Waals surface area contributed by atoms with E-state index < -0.39 is 32.5 Å². The molecule has 0 radical (unpaired) electrons. The maximum atomic E-state index is 12.7. The van der Waals surface area contributed by atoms with Gasteiger partial charge in [0.2, 0.25) is 0 Å². The van der Waals surface area contributed by atoms with Crippen molar-refractivity contribution in [2.24, 2.45) is 5.73 Å². The molecule has 0 saturated carbocycles. The third-order valence-electron chi connectivity index (χ3n) is 14.5. The van der Waals surface area contributed by atoms with E-state index in [-0.39, 0.29) is 32.6 Å². The van der Waals surface area contributed by atoms with E-state index in [1.807, 2.05) is 0 Å². The Kier molecular flexibility index (Phi) is 63.6. The molecular weight excluding hydrogens is 1030 g/mol. The summed E-state index contributed by atoms with van der Waals surface area (Å²) in [6.07, 6.45) is 89.5. The molecule has 0 rings (SSSR count). The third kappa shape index (κ3) is 65.9. The quantitative estimate of drug-likeness (QED) is 0.0264. The number of hydrogen-bond donors (Lipinski definition) is 2. The van der Waals surface area contributed by atoms with Crippen LogP contribution in [0.4, 0.5) is 0 Å². The molecule has 0 saturated heterocycles. The Labute approximate surface area is 499 Å². The first-order chi connectivity index (χ1) is 39.8. The molecule has 468 valence electrons. The van der Waals surface area contributed by atoms with E-state index in [1.54, 1.807) is 0 Å². The predicted molar refractivity (Wildman–Crippen MR) is 348 cm³/mol. The molecule has 0 spiro atoms. The molecule has 81 heavy (non-hydrogen) atoms. The summed E-state index contributed by atoms with van der Waals surface area (Å²) in [6, 6.07) is 0. The van der Waals surface area contributed by atoms with Crippen LogP contribution in [0.3, 0.4) is 0 Å². The fourth-order valence-electron chi connectivity index (χ4n) is 9.50. The Morgan fingerprint density at radius 2 is 0.679 bits per heavy atom. The number of esters is 2. The van der Waals surface area contributed by atoms with E-state index in [0.717, 1.165) is 77.0 Å². The van der Waals surface area contributed by atoms with Gasteiger partial charge in [0.05, 0.1) is 13.2 Å². The minimum Gasteiger partial charge on any atom is -0.462 e. The molecule has 9 nitrogen and oxygen atoms in total. The Balaban J connectivity index is 3.83. The minimum atomic E-state index is -4.41. The Bertz CT molecular complexity index is 1650. The first kappa shape index (κ1) is 77.9. The van der Waals surface area contributed by atoms with Gasteiger partial charge in [0.25, 0.3) is 0 Å². The molecule has 0 aromatic rings. The molecule has 3 N–H and O–H groups in total. The maximum absolute atomic E-state index is 12.7. The fourth-order valence-corrected chi connectivity index (χ4v) is 10.3. The molecule has 0 aromatic carbocycles. The summed E-state index contributed by atoms with van der Waals surface area (Å²) in [5.41, 5.74) is 5.39. The van der Waals surface area contributed by atoms with Gasteiger partial charge in [-0.3, -0.25) is 18.6 Å². The van der Waals surface area contributed by atoms with Crippen LogP contribution in [-0.2, 0) is 32.7 Å². The molecular formula is C71H126NO8P. The van der Waals surface area contributed by atoms with Gasteiger partial charge < -0.3 is 20.1 Å². The summed E-state index contributed by atoms with van der Waals surface area (Å²) in [7, 11) is -4.41. The summed E-state index contributed by atoms with van der Waals surface area (Å²) in [4.78, 5) is 35.2. The second-order valence-corrected chi connectivity index (χ2v) is 23.8. The lowest BCUT2D eigenvalue weighted by Crippen LogP contribution is -2.29. The smallest absolute Gasteiger partial charge is 0.462 e. The van der Waals surface area contributed by atoms with Gasteiger partial charge in [-0.1, -0.05) is 297 Å². The first-order valence-corrected chi connectivity index (χ1v) is 35.2. The highest BCUT2D eigenvalue weighted by molar-refractivity contribution is 7.47. The second kappa shape index (κ2) is 66.1. The van der Waals surface area contributed by atoms with Crippen molar-refractivity contribution in [3.63, 3.8) is 0 Å². The SMILES string of the molecule is CC/C=C\C/C=C\C/C=C\C/C=C\C/C=C\C/C=C\CCCCC(=O)OC(COC(=O)CCCCCCCCCCCCCCCCCCCCCCCCCCCCC/C=C\C/C=C\CCCCCCC)COP(=O)(O)OCCN. The number of phosphoric ester groups is 1. The molecule has 0 aliphatic heterocycles. The van der Waals surface area contributed by atoms with Crippen molar-refractivity contribution >= 4 is 19.8 Å². The zero-order valence-corrected chi connectivity index (χ0v) is 53.4. The van der Waals surface area contributed by atoms with Gasteiger partial charge in [-0.25, -0.2) is 4.57 Å². The van der Waals surface area contributed by atoms with Gasteiger partial charge >= 0.3 is 19.8 Å². The molecule has 0 fully saturated rings. The number of phosphoric acid groups is 1. The van der Waals surface area contributed by atoms with Crippen molar-refractivity contribution < 1.29 is 37.6 Å². The van der Waals surface area contributed by atoms with E-state index >= 15 is 0 Å². The summed E-state index contributed by atoms with van der Waals surface area (Å²) >= 11 is 0. The van der Waals surface area contributed by atoms with E-state index in [2.05, 4.69) is 111 Å². The number of rotatable bonds is 63. The normalized spacial score (nSPS) is 13.6. The van der Waals surface area contributed by atoms with E-state index in [9.17, 15) is 19.0 Å². The van der Waals surface area contributed by atoms with Crippen LogP contribution < -0.4 is 5.73 Å². The average molecular weight is 1150 g/mol. The van der Waals surface area contributed by atoms with Crippen LogP contribution in [0.5, 0.6) is 0 Å². The number of carbonyl (C=O) groups is 2. The van der Waals surface area contributed by atoms with E-state index in [0.29, 0.717) is 6.42 Å². The van der Waals surface area contributed by atoms with Crippen LogP contribution in [-0.4, -0.2) is 49.3 Å². The lowest BCUT2D eigenvalue weighted by molar-refractivity contribution is -0.161. The zero-order valence-electron chi connectivity index (χ0n) is 52.5. The Hall–Kier alpha value is -3.07. The maximum Gasteiger partial charge on any atom is 0.472 e. The van der Waals surface area contributed by atoms with Crippen LogP contribution in [0.2, 0.25) is 0 Å². The van der Waals surface area contributed by atoms with Crippen molar-refractivity contribution in [2.45, 2.75) is 315 Å². The number of ether oxygens (including phenoxy) is 2. The van der Waals surface area contributed by atoms with Gasteiger partial charge in [0, 0.05) is 19.4 Å². The fraction of sp³-hybridized carbons (Fsp3) is 0.746. The largest absolute Gasteiger partial charge is 0.472 e. The molecule has 10 heteroatoms. The van der Waals surface area contributed by atoms with Gasteiger partial charge in [-0.15, -0.1) is 0 Å². The standard InChI is InChI=1S/C71H126NO8P/c1-3-5-7-9-11-13-15-17-19-21-23-25-26-27-28-29-30-31-32-33-34-35-36-37-38-39-40-41-42-44-45-47-49-51-53-55-57-59-61-63-70(73)77-67-69(68-79-81(75,76)78-66-65-72)80-71(74)64-62-60-58-56-54-52-50-48-46-43-24-22-20-18-16-14-12-10-8-6-4-2/h6,8,12,14-15,17-18,20-21,23-24,43,48,50,54,56,69H,3-5,7,9-11,13,16,19,22,25-42,44-47,49,51-53,55,57-68,72H2,1-2H3,(H,75,76)/b8-6-,14-12-,17-15-,20-18-,23-21-,43-24-,50-48-,56-54-. The second-order valence-electron chi connectivity index (χ2n) is 22.3. The zero-order chi connectivity index (χ0) is 58.7. The van der Waals surface area contributed by atoms with Gasteiger partial charge in [0.1, 0.15) is 6.61 Å². The van der Waals surface area contributed by atoms with Crippen LogP contribution >= 0.6 is 7.82 Å².